The second-order valence-electron chi connectivity index (χ2n) is 4.59. The van der Waals surface area contributed by atoms with Gasteiger partial charge < -0.3 is 10.2 Å². The third kappa shape index (κ3) is 4.29. The van der Waals surface area contributed by atoms with Crippen LogP contribution in [0.4, 0.5) is 0 Å². The molecule has 0 atom stereocenters. The van der Waals surface area contributed by atoms with Gasteiger partial charge in [-0.1, -0.05) is 23.6 Å². The predicted octanol–water partition coefficient (Wildman–Crippen LogP) is 1.95. The Hall–Kier alpha value is -1.91. The molecule has 2 heterocycles. The zero-order chi connectivity index (χ0) is 15.9. The first kappa shape index (κ1) is 16.5. The van der Waals surface area contributed by atoms with Gasteiger partial charge in [-0.05, 0) is 11.6 Å². The van der Waals surface area contributed by atoms with Crippen molar-refractivity contribution >= 4 is 23.4 Å². The molecule has 0 bridgehead atoms. The number of aromatic nitrogens is 1. The van der Waals surface area contributed by atoms with E-state index in [1.807, 2.05) is 11.0 Å². The maximum absolute atomic E-state index is 11.3. The van der Waals surface area contributed by atoms with Crippen LogP contribution in [0.2, 0.25) is 5.15 Å². The quantitative estimate of drug-likeness (QED) is 0.281. The molecule has 1 aromatic heterocycles. The molecular weight excluding hydrogens is 324 g/mol. The maximum Gasteiger partial charge on any atom is 0.295 e. The van der Waals surface area contributed by atoms with Gasteiger partial charge in [0.25, 0.3) is 5.70 Å². The maximum atomic E-state index is 11.3. The summed E-state index contributed by atoms with van der Waals surface area (Å²) in [5, 5.41) is 14.8. The van der Waals surface area contributed by atoms with Gasteiger partial charge in [-0.15, -0.1) is 18.2 Å². The van der Waals surface area contributed by atoms with Crippen LogP contribution < -0.4 is 5.32 Å². The molecule has 0 spiro atoms. The van der Waals surface area contributed by atoms with E-state index in [2.05, 4.69) is 16.2 Å². The molecule has 1 saturated heterocycles. The van der Waals surface area contributed by atoms with Gasteiger partial charge in [0.2, 0.25) is 0 Å². The Kier molecular flexibility index (Phi) is 5.92. The van der Waals surface area contributed by atoms with E-state index in [4.69, 9.17) is 18.0 Å². The molecule has 0 unspecified atom stereocenters. The van der Waals surface area contributed by atoms with Crippen LogP contribution in [0.5, 0.6) is 0 Å². The topological polar surface area (TPSA) is 71.3 Å². The number of nitrogens with zero attached hydrogens (tertiary/aromatic N) is 3. The number of pyridine rings is 1. The number of nitrogens with one attached hydrogen (secondary N) is 1. The van der Waals surface area contributed by atoms with Crippen molar-refractivity contribution in [3.8, 4) is 12.3 Å². The van der Waals surface area contributed by atoms with Crippen molar-refractivity contribution in [2.24, 2.45) is 0 Å². The summed E-state index contributed by atoms with van der Waals surface area (Å²) in [4.78, 5) is 16.9. The molecule has 1 aromatic rings. The average Bonchev–Trinajstić information content (AvgIpc) is 2.93. The van der Waals surface area contributed by atoms with Gasteiger partial charge in [0, 0.05) is 25.8 Å². The van der Waals surface area contributed by atoms with Gasteiger partial charge in [-0.3, -0.25) is 10.1 Å². The van der Waals surface area contributed by atoms with Crippen LogP contribution in [0.25, 0.3) is 0 Å². The van der Waals surface area contributed by atoms with Crippen LogP contribution >= 0.6 is 23.4 Å². The van der Waals surface area contributed by atoms with E-state index in [0.717, 1.165) is 5.56 Å². The van der Waals surface area contributed by atoms with Crippen LogP contribution in [0.15, 0.2) is 29.8 Å². The standard InChI is InChI=1S/C14H15ClN4O2S/c1-2-7-22-10-12(19(20)21)14-16-5-6-18(14)9-11-3-4-13(15)17-8-11/h1,3-4,8,16H,5-7,9-10H2/b14-12+. The highest BCUT2D eigenvalue weighted by atomic mass is 35.5. The van der Waals surface area contributed by atoms with Gasteiger partial charge in [-0.2, -0.15) is 0 Å². The summed E-state index contributed by atoms with van der Waals surface area (Å²) in [6, 6.07) is 3.57. The van der Waals surface area contributed by atoms with E-state index in [1.54, 1.807) is 12.3 Å². The number of nitro groups is 1. The highest BCUT2D eigenvalue weighted by molar-refractivity contribution is 7.99. The van der Waals surface area contributed by atoms with Gasteiger partial charge >= 0.3 is 0 Å². The number of rotatable bonds is 6. The first-order valence-electron chi connectivity index (χ1n) is 6.60. The van der Waals surface area contributed by atoms with Crippen molar-refractivity contribution < 1.29 is 4.92 Å². The number of terminal acetylenes is 1. The third-order valence-electron chi connectivity index (χ3n) is 3.07. The highest BCUT2D eigenvalue weighted by Crippen LogP contribution is 2.20. The zero-order valence-corrected chi connectivity index (χ0v) is 13.4. The predicted molar refractivity (Wildman–Crippen MR) is 87.8 cm³/mol. The molecule has 0 aliphatic carbocycles. The zero-order valence-electron chi connectivity index (χ0n) is 11.8. The van der Waals surface area contributed by atoms with Crippen molar-refractivity contribution in [1.29, 1.82) is 0 Å². The Morgan fingerprint density at radius 3 is 3.09 bits per heavy atom. The van der Waals surface area contributed by atoms with Gasteiger partial charge in [-0.25, -0.2) is 4.98 Å². The van der Waals surface area contributed by atoms with E-state index in [0.29, 0.717) is 36.4 Å². The van der Waals surface area contributed by atoms with Gasteiger partial charge in [0.1, 0.15) is 5.15 Å². The minimum absolute atomic E-state index is 0.152. The fraction of sp³-hybridized carbons (Fsp3) is 0.357. The molecule has 0 radical (unpaired) electrons. The Morgan fingerprint density at radius 1 is 1.64 bits per heavy atom. The van der Waals surface area contributed by atoms with Crippen LogP contribution in [0.3, 0.4) is 0 Å². The molecule has 0 aromatic carbocycles. The Bertz CT molecular complexity index is 612. The van der Waals surface area contributed by atoms with E-state index >= 15 is 0 Å². The molecule has 8 heteroatoms. The van der Waals surface area contributed by atoms with E-state index in [-0.39, 0.29) is 16.4 Å². The van der Waals surface area contributed by atoms with Crippen LogP contribution in [0.1, 0.15) is 5.56 Å². The largest absolute Gasteiger partial charge is 0.365 e. The molecule has 1 fully saturated rings. The minimum Gasteiger partial charge on any atom is -0.365 e. The summed E-state index contributed by atoms with van der Waals surface area (Å²) in [7, 11) is 0. The number of hydrogen-bond acceptors (Lipinski definition) is 6. The van der Waals surface area contributed by atoms with E-state index < -0.39 is 0 Å². The Labute approximate surface area is 138 Å². The molecule has 0 saturated carbocycles. The summed E-state index contributed by atoms with van der Waals surface area (Å²) in [5.41, 5.74) is 1.10. The van der Waals surface area contributed by atoms with Crippen molar-refractivity contribution in [1.82, 2.24) is 15.2 Å². The normalized spacial score (nSPS) is 16.1. The fourth-order valence-electron chi connectivity index (χ4n) is 2.11. The van der Waals surface area contributed by atoms with Crippen molar-refractivity contribution in [2.75, 3.05) is 24.6 Å². The van der Waals surface area contributed by atoms with Crippen LogP contribution in [0, 0.1) is 22.5 Å². The number of hydrogen-bond donors (Lipinski definition) is 1. The lowest BCUT2D eigenvalue weighted by molar-refractivity contribution is -0.425. The van der Waals surface area contributed by atoms with Crippen molar-refractivity contribution in [3.63, 3.8) is 0 Å². The Morgan fingerprint density at radius 2 is 2.45 bits per heavy atom. The Balaban J connectivity index is 2.15. The lowest BCUT2D eigenvalue weighted by Crippen LogP contribution is -2.24. The molecule has 22 heavy (non-hydrogen) atoms. The van der Waals surface area contributed by atoms with Crippen LogP contribution in [-0.4, -0.2) is 39.4 Å². The molecule has 2 rings (SSSR count). The SMILES string of the molecule is C#CCSC/C(=C1/NCCN1Cc1ccc(Cl)nc1)[N+](=O)[O-]. The summed E-state index contributed by atoms with van der Waals surface area (Å²) < 4.78 is 0. The van der Waals surface area contributed by atoms with Gasteiger partial charge in [0.15, 0.2) is 5.82 Å². The summed E-state index contributed by atoms with van der Waals surface area (Å²) in [5.74, 6) is 3.75. The molecule has 6 nitrogen and oxygen atoms in total. The minimum atomic E-state index is -0.343. The lowest BCUT2D eigenvalue weighted by Gasteiger charge is -2.18. The molecule has 1 aliphatic heterocycles. The van der Waals surface area contributed by atoms with E-state index in [9.17, 15) is 10.1 Å². The van der Waals surface area contributed by atoms with Gasteiger partial charge in [0.05, 0.1) is 16.4 Å². The fourth-order valence-corrected chi connectivity index (χ4v) is 2.88. The first-order chi connectivity index (χ1) is 10.6. The highest BCUT2D eigenvalue weighted by Gasteiger charge is 2.27. The molecule has 1 N–H and O–H groups in total. The lowest BCUT2D eigenvalue weighted by atomic mass is 10.2. The molecule has 116 valence electrons. The summed E-state index contributed by atoms with van der Waals surface area (Å²) in [6.07, 6.45) is 6.86. The monoisotopic (exact) mass is 338 g/mol. The second-order valence-corrected chi connectivity index (χ2v) is 5.96. The molecule has 0 amide bonds. The first-order valence-corrected chi connectivity index (χ1v) is 8.13. The summed E-state index contributed by atoms with van der Waals surface area (Å²) >= 11 is 7.12. The number of halogens is 1. The third-order valence-corrected chi connectivity index (χ3v) is 4.14. The van der Waals surface area contributed by atoms with Crippen molar-refractivity contribution in [2.45, 2.75) is 6.54 Å². The summed E-state index contributed by atoms with van der Waals surface area (Å²) in [6.45, 7) is 1.92. The smallest absolute Gasteiger partial charge is 0.295 e. The van der Waals surface area contributed by atoms with Crippen LogP contribution in [-0.2, 0) is 6.54 Å². The average molecular weight is 339 g/mol. The molecular formula is C14H15ClN4O2S. The number of thioether (sulfide) groups is 1. The second kappa shape index (κ2) is 7.92. The van der Waals surface area contributed by atoms with Crippen molar-refractivity contribution in [3.05, 3.63) is 50.7 Å². The molecule has 1 aliphatic rings. The van der Waals surface area contributed by atoms with E-state index in [1.165, 1.54) is 11.8 Å².